The molecule has 0 saturated carbocycles. The van der Waals surface area contributed by atoms with Crippen molar-refractivity contribution in [3.63, 3.8) is 0 Å². The third kappa shape index (κ3) is 6.22. The molecule has 2 aromatic carbocycles. The second-order valence-corrected chi connectivity index (χ2v) is 8.00. The summed E-state index contributed by atoms with van der Waals surface area (Å²) < 4.78 is 0. The van der Waals surface area contributed by atoms with E-state index in [1.807, 2.05) is 51.1 Å². The molecule has 0 bridgehead atoms. The Bertz CT molecular complexity index is 963. The Hall–Kier alpha value is -2.55. The number of benzene rings is 2. The molecular weight excluding hydrogens is 421 g/mol. The van der Waals surface area contributed by atoms with E-state index in [9.17, 15) is 4.79 Å². The predicted octanol–water partition coefficient (Wildman–Crippen LogP) is 5.77. The van der Waals surface area contributed by atoms with Gasteiger partial charge in [-0.15, -0.1) is 0 Å². The first-order chi connectivity index (χ1) is 14.3. The van der Waals surface area contributed by atoms with Gasteiger partial charge in [0.15, 0.2) is 0 Å². The molecule has 7 heteroatoms. The van der Waals surface area contributed by atoms with E-state index in [-0.39, 0.29) is 25.0 Å². The van der Waals surface area contributed by atoms with Gasteiger partial charge in [0.2, 0.25) is 6.61 Å². The van der Waals surface area contributed by atoms with Gasteiger partial charge < -0.3 is 9.74 Å². The molecule has 0 heterocycles. The highest BCUT2D eigenvalue weighted by Gasteiger charge is 2.23. The molecule has 1 amide bonds. The standard InChI is InChI=1S/C23H25Cl2N3O2/c1-5-19(17-6-7-20(24)21(25)13-17)22(27-30-9-8-26)14-28(4)23(29)18-11-15(2)10-16(3)12-18/h6-7,10-13,19H,5,9,14H2,1-4H3/b27-22+. The van der Waals surface area contributed by atoms with Crippen molar-refractivity contribution in [2.75, 3.05) is 20.2 Å². The average molecular weight is 446 g/mol. The van der Waals surface area contributed by atoms with Crippen LogP contribution in [0.25, 0.3) is 0 Å². The van der Waals surface area contributed by atoms with Crippen LogP contribution in [-0.2, 0) is 4.84 Å². The van der Waals surface area contributed by atoms with Crippen molar-refractivity contribution >= 4 is 34.8 Å². The molecule has 158 valence electrons. The smallest absolute Gasteiger partial charge is 0.253 e. The van der Waals surface area contributed by atoms with E-state index < -0.39 is 0 Å². The molecule has 0 aromatic heterocycles. The van der Waals surface area contributed by atoms with Crippen LogP contribution in [0.2, 0.25) is 10.0 Å². The second kappa shape index (κ2) is 11.0. The van der Waals surface area contributed by atoms with E-state index in [1.165, 1.54) is 0 Å². The number of carbonyl (C=O) groups is 1. The first-order valence-corrected chi connectivity index (χ1v) is 10.4. The van der Waals surface area contributed by atoms with Crippen LogP contribution in [0.4, 0.5) is 0 Å². The summed E-state index contributed by atoms with van der Waals surface area (Å²) >= 11 is 12.3. The van der Waals surface area contributed by atoms with Gasteiger partial charge >= 0.3 is 0 Å². The number of nitriles is 1. The topological polar surface area (TPSA) is 65.7 Å². The number of halogens is 2. The molecule has 0 saturated heterocycles. The van der Waals surface area contributed by atoms with E-state index in [0.717, 1.165) is 16.7 Å². The largest absolute Gasteiger partial charge is 0.380 e. The summed E-state index contributed by atoms with van der Waals surface area (Å²) in [6, 6.07) is 13.1. The van der Waals surface area contributed by atoms with Crippen molar-refractivity contribution in [1.82, 2.24) is 4.90 Å². The van der Waals surface area contributed by atoms with Gasteiger partial charge in [-0.25, -0.2) is 0 Å². The summed E-state index contributed by atoms with van der Waals surface area (Å²) in [5.74, 6) is -0.258. The van der Waals surface area contributed by atoms with Crippen LogP contribution in [0, 0.1) is 25.2 Å². The van der Waals surface area contributed by atoms with Crippen LogP contribution in [0.3, 0.4) is 0 Å². The lowest BCUT2D eigenvalue weighted by Crippen LogP contribution is -2.34. The molecule has 0 fully saturated rings. The molecule has 0 aliphatic carbocycles. The molecule has 1 unspecified atom stereocenters. The van der Waals surface area contributed by atoms with Gasteiger partial charge in [0.25, 0.3) is 5.91 Å². The number of nitrogens with zero attached hydrogens (tertiary/aromatic N) is 3. The zero-order valence-corrected chi connectivity index (χ0v) is 19.1. The summed E-state index contributed by atoms with van der Waals surface area (Å²) in [7, 11) is 1.72. The third-order valence-electron chi connectivity index (χ3n) is 4.68. The highest BCUT2D eigenvalue weighted by molar-refractivity contribution is 6.42. The minimum atomic E-state index is -0.171. The second-order valence-electron chi connectivity index (χ2n) is 7.19. The van der Waals surface area contributed by atoms with Crippen molar-refractivity contribution in [3.8, 4) is 6.07 Å². The molecule has 0 N–H and O–H groups in total. The van der Waals surface area contributed by atoms with Crippen LogP contribution >= 0.6 is 23.2 Å². The highest BCUT2D eigenvalue weighted by atomic mass is 35.5. The Balaban J connectivity index is 2.33. The van der Waals surface area contributed by atoms with E-state index in [1.54, 1.807) is 24.1 Å². The Morgan fingerprint density at radius 3 is 2.40 bits per heavy atom. The molecule has 0 radical (unpaired) electrons. The van der Waals surface area contributed by atoms with Gasteiger partial charge in [-0.3, -0.25) is 4.79 Å². The van der Waals surface area contributed by atoms with Gasteiger partial charge in [-0.1, -0.05) is 58.5 Å². The zero-order chi connectivity index (χ0) is 22.3. The quantitative estimate of drug-likeness (QED) is 0.294. The molecule has 1 atom stereocenters. The molecule has 2 aromatic rings. The minimum Gasteiger partial charge on any atom is -0.380 e. The fraction of sp³-hybridized carbons (Fsp3) is 0.348. The lowest BCUT2D eigenvalue weighted by molar-refractivity contribution is 0.0811. The number of aryl methyl sites for hydroxylation is 2. The summed E-state index contributed by atoms with van der Waals surface area (Å²) in [4.78, 5) is 19.8. The van der Waals surface area contributed by atoms with Crippen molar-refractivity contribution in [2.45, 2.75) is 33.1 Å². The molecular formula is C23H25Cl2N3O2. The van der Waals surface area contributed by atoms with Gasteiger partial charge in [0, 0.05) is 18.5 Å². The first-order valence-electron chi connectivity index (χ1n) is 9.61. The molecule has 0 aliphatic heterocycles. The SMILES string of the molecule is CCC(/C(CN(C)C(=O)c1cc(C)cc(C)c1)=N/OCC#N)c1ccc(Cl)c(Cl)c1. The van der Waals surface area contributed by atoms with Crippen LogP contribution in [0.15, 0.2) is 41.6 Å². The van der Waals surface area contributed by atoms with Gasteiger partial charge in [-0.2, -0.15) is 5.26 Å². The number of hydrogen-bond acceptors (Lipinski definition) is 4. The molecule has 0 aliphatic rings. The van der Waals surface area contributed by atoms with Gasteiger partial charge in [0.1, 0.15) is 6.07 Å². The maximum Gasteiger partial charge on any atom is 0.253 e. The molecule has 30 heavy (non-hydrogen) atoms. The van der Waals surface area contributed by atoms with Crippen LogP contribution in [0.1, 0.15) is 46.3 Å². The van der Waals surface area contributed by atoms with E-state index in [0.29, 0.717) is 27.7 Å². The van der Waals surface area contributed by atoms with Crippen LogP contribution < -0.4 is 0 Å². The third-order valence-corrected chi connectivity index (χ3v) is 5.42. The summed E-state index contributed by atoms with van der Waals surface area (Å²) in [5, 5.41) is 13.9. The van der Waals surface area contributed by atoms with Crippen LogP contribution in [0.5, 0.6) is 0 Å². The highest BCUT2D eigenvalue weighted by Crippen LogP contribution is 2.29. The lowest BCUT2D eigenvalue weighted by Gasteiger charge is -2.24. The maximum atomic E-state index is 13.0. The monoisotopic (exact) mass is 445 g/mol. The van der Waals surface area contributed by atoms with E-state index in [4.69, 9.17) is 33.3 Å². The summed E-state index contributed by atoms with van der Waals surface area (Å²) in [5.41, 5.74) is 4.22. The maximum absolute atomic E-state index is 13.0. The van der Waals surface area contributed by atoms with Crippen molar-refractivity contribution in [1.29, 1.82) is 5.26 Å². The van der Waals surface area contributed by atoms with Gasteiger partial charge in [0.05, 0.1) is 22.3 Å². The average Bonchev–Trinajstić information content (AvgIpc) is 2.69. The Morgan fingerprint density at radius 1 is 1.17 bits per heavy atom. The Labute approximate surface area is 187 Å². The minimum absolute atomic E-state index is 0.112. The van der Waals surface area contributed by atoms with Crippen molar-refractivity contribution in [3.05, 3.63) is 68.7 Å². The van der Waals surface area contributed by atoms with Crippen LogP contribution in [-0.4, -0.2) is 36.7 Å². The molecule has 0 spiro atoms. The number of carbonyl (C=O) groups excluding carboxylic acids is 1. The number of rotatable bonds is 8. The normalized spacial score (nSPS) is 12.2. The number of hydrogen-bond donors (Lipinski definition) is 0. The number of oxime groups is 1. The van der Waals surface area contributed by atoms with Crippen molar-refractivity contribution < 1.29 is 9.63 Å². The Kier molecular flexibility index (Phi) is 8.71. The van der Waals surface area contributed by atoms with Gasteiger partial charge in [-0.05, 0) is 50.1 Å². The summed E-state index contributed by atoms with van der Waals surface area (Å²) in [6.45, 7) is 6.01. The summed E-state index contributed by atoms with van der Waals surface area (Å²) in [6.07, 6.45) is 0.707. The van der Waals surface area contributed by atoms with Crippen molar-refractivity contribution in [2.24, 2.45) is 5.16 Å². The van der Waals surface area contributed by atoms with E-state index in [2.05, 4.69) is 5.16 Å². The Morgan fingerprint density at radius 2 is 1.83 bits per heavy atom. The fourth-order valence-corrected chi connectivity index (χ4v) is 3.68. The lowest BCUT2D eigenvalue weighted by atomic mass is 9.91. The molecule has 2 rings (SSSR count). The number of amides is 1. The molecule has 5 nitrogen and oxygen atoms in total. The fourth-order valence-electron chi connectivity index (χ4n) is 3.37. The predicted molar refractivity (Wildman–Crippen MR) is 121 cm³/mol. The zero-order valence-electron chi connectivity index (χ0n) is 17.6. The first kappa shape index (κ1) is 23.7. The van der Waals surface area contributed by atoms with E-state index >= 15 is 0 Å².